The van der Waals surface area contributed by atoms with Gasteiger partial charge in [0.1, 0.15) is 5.76 Å². The Morgan fingerprint density at radius 3 is 2.57 bits per heavy atom. The third-order valence-corrected chi connectivity index (χ3v) is 4.62. The number of nitrogens with zero attached hydrogens (tertiary/aromatic N) is 2. The van der Waals surface area contributed by atoms with Crippen molar-refractivity contribution in [3.05, 3.63) is 73.5 Å². The van der Waals surface area contributed by atoms with Crippen molar-refractivity contribution >= 4 is 28.3 Å². The lowest BCUT2D eigenvalue weighted by atomic mass is 10.0. The zero-order chi connectivity index (χ0) is 22.0. The van der Waals surface area contributed by atoms with Crippen LogP contribution >= 0.6 is 0 Å². The van der Waals surface area contributed by atoms with Gasteiger partial charge < -0.3 is 14.5 Å². The van der Waals surface area contributed by atoms with Crippen LogP contribution in [0.15, 0.2) is 40.8 Å². The van der Waals surface area contributed by atoms with Crippen molar-refractivity contribution in [2.45, 2.75) is 26.8 Å². The molecule has 0 saturated heterocycles. The van der Waals surface area contributed by atoms with Gasteiger partial charge in [-0.15, -0.1) is 0 Å². The van der Waals surface area contributed by atoms with Crippen molar-refractivity contribution in [3.8, 4) is 5.75 Å². The molecule has 1 N–H and O–H groups in total. The maximum Gasteiger partial charge on any atom is 0.279 e. The van der Waals surface area contributed by atoms with Crippen LogP contribution in [0.2, 0.25) is 0 Å². The number of rotatable bonds is 7. The van der Waals surface area contributed by atoms with E-state index >= 15 is 0 Å². The molecule has 30 heavy (non-hydrogen) atoms. The molecule has 0 aliphatic rings. The van der Waals surface area contributed by atoms with Crippen LogP contribution in [0.3, 0.4) is 0 Å². The first-order valence-corrected chi connectivity index (χ1v) is 9.12. The predicted molar refractivity (Wildman–Crippen MR) is 108 cm³/mol. The third-order valence-electron chi connectivity index (χ3n) is 4.62. The monoisotopic (exact) mass is 413 g/mol. The number of furan rings is 1. The summed E-state index contributed by atoms with van der Waals surface area (Å²) in [5.74, 6) is 0.338. The van der Waals surface area contributed by atoms with Gasteiger partial charge in [0, 0.05) is 17.0 Å². The first-order valence-electron chi connectivity index (χ1n) is 9.12. The van der Waals surface area contributed by atoms with Crippen molar-refractivity contribution in [1.82, 2.24) is 5.32 Å². The molecule has 1 heterocycles. The van der Waals surface area contributed by atoms with Gasteiger partial charge in [-0.2, -0.15) is 0 Å². The Bertz CT molecular complexity index is 1150. The second-order valence-electron chi connectivity index (χ2n) is 6.60. The molecule has 0 fully saturated rings. The summed E-state index contributed by atoms with van der Waals surface area (Å²) in [6.45, 7) is 5.37. The molecule has 0 spiro atoms. The first kappa shape index (κ1) is 20.8. The molecule has 0 aliphatic carbocycles. The molecule has 3 aromatic rings. The number of carbonyl (C=O) groups excluding carboxylic acids is 1. The molecule has 0 radical (unpaired) electrons. The van der Waals surface area contributed by atoms with Crippen LogP contribution in [-0.4, -0.2) is 22.4 Å². The number of benzene rings is 2. The zero-order valence-electron chi connectivity index (χ0n) is 16.5. The summed E-state index contributed by atoms with van der Waals surface area (Å²) in [6.07, 6.45) is 0. The van der Waals surface area contributed by atoms with E-state index in [4.69, 9.17) is 9.15 Å². The van der Waals surface area contributed by atoms with Crippen molar-refractivity contribution in [2.75, 3.05) is 6.61 Å². The highest BCUT2D eigenvalue weighted by atomic mass is 16.6. The van der Waals surface area contributed by atoms with Crippen molar-refractivity contribution < 1.29 is 23.8 Å². The highest BCUT2D eigenvalue weighted by molar-refractivity contribution is 5.97. The van der Waals surface area contributed by atoms with E-state index in [1.807, 2.05) is 19.1 Å². The Labute approximate surface area is 170 Å². The minimum atomic E-state index is -0.777. The van der Waals surface area contributed by atoms with E-state index in [1.165, 1.54) is 6.92 Å². The average Bonchev–Trinajstić information content (AvgIpc) is 3.13. The fourth-order valence-corrected chi connectivity index (χ4v) is 3.10. The normalized spacial score (nSPS) is 11.8. The fraction of sp³-hybridized carbons (Fsp3) is 0.250. The molecule has 0 aliphatic heterocycles. The molecule has 2 aromatic carbocycles. The number of nitro groups is 2. The van der Waals surface area contributed by atoms with E-state index in [9.17, 15) is 25.0 Å². The molecule has 156 valence electrons. The van der Waals surface area contributed by atoms with Crippen LogP contribution in [0.1, 0.15) is 41.6 Å². The topological polar surface area (TPSA) is 138 Å². The van der Waals surface area contributed by atoms with Gasteiger partial charge in [-0.3, -0.25) is 25.0 Å². The molecule has 0 bridgehead atoms. The number of hydrogen-bond acceptors (Lipinski definition) is 7. The molecule has 1 aromatic heterocycles. The van der Waals surface area contributed by atoms with Gasteiger partial charge in [0.2, 0.25) is 0 Å². The molecule has 10 nitrogen and oxygen atoms in total. The Balaban J connectivity index is 1.92. The SMILES string of the molecule is CCOc1cccc2cc(C(C)NC(=O)c3cc([N+](=O)[O-])cc([N+](=O)[O-])c3C)oc12. The van der Waals surface area contributed by atoms with Gasteiger partial charge in [0.05, 0.1) is 34.1 Å². The average molecular weight is 413 g/mol. The van der Waals surface area contributed by atoms with Crippen LogP contribution in [-0.2, 0) is 0 Å². The maximum atomic E-state index is 12.8. The fourth-order valence-electron chi connectivity index (χ4n) is 3.10. The maximum absolute atomic E-state index is 12.8. The number of nitro benzene ring substituents is 2. The Kier molecular flexibility index (Phi) is 5.67. The minimum absolute atomic E-state index is 0.0403. The lowest BCUT2D eigenvalue weighted by molar-refractivity contribution is -0.394. The summed E-state index contributed by atoms with van der Waals surface area (Å²) in [4.78, 5) is 33.6. The summed E-state index contributed by atoms with van der Waals surface area (Å²) in [6, 6.07) is 8.45. The molecule has 1 amide bonds. The molecule has 1 atom stereocenters. The number of nitrogens with one attached hydrogen (secondary N) is 1. The van der Waals surface area contributed by atoms with Crippen LogP contribution < -0.4 is 10.1 Å². The Hall–Kier alpha value is -3.95. The Morgan fingerprint density at radius 2 is 1.93 bits per heavy atom. The zero-order valence-corrected chi connectivity index (χ0v) is 16.5. The van der Waals surface area contributed by atoms with Gasteiger partial charge in [0.15, 0.2) is 11.3 Å². The van der Waals surface area contributed by atoms with E-state index in [0.717, 1.165) is 17.5 Å². The van der Waals surface area contributed by atoms with Gasteiger partial charge in [-0.1, -0.05) is 12.1 Å². The third kappa shape index (κ3) is 3.93. The van der Waals surface area contributed by atoms with E-state index in [2.05, 4.69) is 5.32 Å². The van der Waals surface area contributed by atoms with Crippen LogP contribution in [0.25, 0.3) is 11.0 Å². The van der Waals surface area contributed by atoms with Gasteiger partial charge in [-0.25, -0.2) is 0 Å². The predicted octanol–water partition coefficient (Wildman–Crippen LogP) is 4.45. The minimum Gasteiger partial charge on any atom is -0.490 e. The summed E-state index contributed by atoms with van der Waals surface area (Å²) in [5, 5.41) is 25.8. The number of para-hydroxylation sites is 1. The molecular formula is C20H19N3O7. The van der Waals surface area contributed by atoms with Crippen molar-refractivity contribution in [3.63, 3.8) is 0 Å². The van der Waals surface area contributed by atoms with Crippen molar-refractivity contribution in [2.24, 2.45) is 0 Å². The number of fused-ring (bicyclic) bond motifs is 1. The van der Waals surface area contributed by atoms with E-state index in [1.54, 1.807) is 19.1 Å². The first-order chi connectivity index (χ1) is 14.2. The quantitative estimate of drug-likeness (QED) is 0.446. The molecule has 3 rings (SSSR count). The summed E-state index contributed by atoms with van der Waals surface area (Å²) >= 11 is 0. The highest BCUT2D eigenvalue weighted by Crippen LogP contribution is 2.32. The largest absolute Gasteiger partial charge is 0.490 e. The Morgan fingerprint density at radius 1 is 1.20 bits per heavy atom. The van der Waals surface area contributed by atoms with Gasteiger partial charge in [-0.05, 0) is 32.9 Å². The second-order valence-corrected chi connectivity index (χ2v) is 6.60. The lowest BCUT2D eigenvalue weighted by Gasteiger charge is -2.13. The highest BCUT2D eigenvalue weighted by Gasteiger charge is 2.26. The van der Waals surface area contributed by atoms with E-state index in [0.29, 0.717) is 23.7 Å². The standard InChI is InChI=1S/C20H19N3O7/c1-4-29-17-7-5-6-13-8-18(30-19(13)17)12(3)21-20(24)15-9-14(22(25)26)10-16(11(15)2)23(27)28/h5-10,12H,4H2,1-3H3,(H,21,24). The summed E-state index contributed by atoms with van der Waals surface area (Å²) in [5.41, 5.74) is -0.590. The summed E-state index contributed by atoms with van der Waals surface area (Å²) in [7, 11) is 0. The molecule has 0 saturated carbocycles. The number of carbonyl (C=O) groups is 1. The second kappa shape index (κ2) is 8.19. The molecular weight excluding hydrogens is 394 g/mol. The van der Waals surface area contributed by atoms with Crippen LogP contribution in [0, 0.1) is 27.2 Å². The van der Waals surface area contributed by atoms with E-state index in [-0.39, 0.29) is 11.1 Å². The van der Waals surface area contributed by atoms with Crippen LogP contribution in [0.5, 0.6) is 5.75 Å². The lowest BCUT2D eigenvalue weighted by Crippen LogP contribution is -2.27. The molecule has 10 heteroatoms. The van der Waals surface area contributed by atoms with Gasteiger partial charge >= 0.3 is 0 Å². The van der Waals surface area contributed by atoms with E-state index < -0.39 is 33.2 Å². The summed E-state index contributed by atoms with van der Waals surface area (Å²) < 4.78 is 11.4. The smallest absolute Gasteiger partial charge is 0.279 e. The van der Waals surface area contributed by atoms with Gasteiger partial charge in [0.25, 0.3) is 17.3 Å². The number of ether oxygens (including phenoxy) is 1. The number of non-ortho nitro benzene ring substituents is 1. The van der Waals surface area contributed by atoms with Crippen LogP contribution in [0.4, 0.5) is 11.4 Å². The number of hydrogen-bond donors (Lipinski definition) is 1. The molecule has 1 unspecified atom stereocenters. The number of amides is 1. The van der Waals surface area contributed by atoms with Crippen molar-refractivity contribution in [1.29, 1.82) is 0 Å².